The van der Waals surface area contributed by atoms with Crippen LogP contribution in [0.1, 0.15) is 50.4 Å². The molecule has 0 N–H and O–H groups in total. The molecule has 2 aliphatic rings. The molecule has 1 aliphatic carbocycles. The number of rotatable bonds is 5. The van der Waals surface area contributed by atoms with E-state index in [1.165, 1.54) is 12.8 Å². The molecule has 1 unspecified atom stereocenters. The lowest BCUT2D eigenvalue weighted by molar-refractivity contribution is -0.117. The Kier molecular flexibility index (Phi) is 4.77. The molecule has 0 bridgehead atoms. The van der Waals surface area contributed by atoms with E-state index >= 15 is 0 Å². The molecule has 30 heavy (non-hydrogen) atoms. The molecule has 5 rings (SSSR count). The van der Waals surface area contributed by atoms with E-state index in [0.29, 0.717) is 12.6 Å². The van der Waals surface area contributed by atoms with Gasteiger partial charge < -0.3 is 9.64 Å². The number of hydrogen-bond acceptors (Lipinski definition) is 4. The molecule has 6 nitrogen and oxygen atoms in total. The van der Waals surface area contributed by atoms with Crippen molar-refractivity contribution < 1.29 is 9.53 Å². The highest BCUT2D eigenvalue weighted by Gasteiger charge is 2.30. The van der Waals surface area contributed by atoms with Crippen LogP contribution in [-0.4, -0.2) is 26.7 Å². The highest BCUT2D eigenvalue weighted by molar-refractivity contribution is 5.95. The Bertz CT molecular complexity index is 1070. The van der Waals surface area contributed by atoms with Crippen LogP contribution in [0.4, 0.5) is 5.69 Å². The highest BCUT2D eigenvalue weighted by Crippen LogP contribution is 2.44. The zero-order chi connectivity index (χ0) is 20.7. The minimum atomic E-state index is 0.0634. The van der Waals surface area contributed by atoms with Gasteiger partial charge in [-0.25, -0.2) is 0 Å². The van der Waals surface area contributed by atoms with E-state index in [2.05, 4.69) is 40.0 Å². The van der Waals surface area contributed by atoms with Crippen molar-refractivity contribution >= 4 is 11.6 Å². The molecule has 3 heterocycles. The van der Waals surface area contributed by atoms with Gasteiger partial charge >= 0.3 is 0 Å². The van der Waals surface area contributed by atoms with Crippen LogP contribution >= 0.6 is 0 Å². The third-order valence-corrected chi connectivity index (χ3v) is 6.01. The molecule has 0 radical (unpaired) electrons. The van der Waals surface area contributed by atoms with E-state index in [1.54, 1.807) is 13.1 Å². The van der Waals surface area contributed by atoms with Crippen molar-refractivity contribution in [2.75, 3.05) is 4.90 Å². The second kappa shape index (κ2) is 7.59. The zero-order valence-electron chi connectivity index (χ0n) is 17.4. The molecule has 1 amide bonds. The van der Waals surface area contributed by atoms with Crippen LogP contribution < -0.4 is 9.64 Å². The Balaban J connectivity index is 1.58. The van der Waals surface area contributed by atoms with Crippen LogP contribution in [0.5, 0.6) is 5.75 Å². The van der Waals surface area contributed by atoms with E-state index in [4.69, 9.17) is 4.74 Å². The van der Waals surface area contributed by atoms with Crippen molar-refractivity contribution in [2.24, 2.45) is 0 Å². The Morgan fingerprint density at radius 3 is 2.80 bits per heavy atom. The van der Waals surface area contributed by atoms with Crippen LogP contribution in [0.3, 0.4) is 0 Å². The van der Waals surface area contributed by atoms with Gasteiger partial charge in [-0.1, -0.05) is 6.07 Å². The first-order chi connectivity index (χ1) is 14.6. The SMILES string of the molecule is CC(=O)N1c2ccc(-c3cnn(C4CC4)c3)c(OCc3ccccn3)c2CCC1C. The number of ether oxygens (including phenoxy) is 1. The van der Waals surface area contributed by atoms with Crippen molar-refractivity contribution in [3.63, 3.8) is 0 Å². The van der Waals surface area contributed by atoms with Crippen molar-refractivity contribution in [1.82, 2.24) is 14.8 Å². The third-order valence-electron chi connectivity index (χ3n) is 6.01. The van der Waals surface area contributed by atoms with Gasteiger partial charge in [0, 0.05) is 42.0 Å². The van der Waals surface area contributed by atoms with Gasteiger partial charge in [0.1, 0.15) is 12.4 Å². The summed E-state index contributed by atoms with van der Waals surface area (Å²) in [7, 11) is 0. The van der Waals surface area contributed by atoms with Gasteiger partial charge in [0.05, 0.1) is 23.6 Å². The summed E-state index contributed by atoms with van der Waals surface area (Å²) in [5.74, 6) is 0.903. The van der Waals surface area contributed by atoms with Gasteiger partial charge in [0.15, 0.2) is 0 Å². The summed E-state index contributed by atoms with van der Waals surface area (Å²) in [5.41, 5.74) is 5.00. The van der Waals surface area contributed by atoms with Gasteiger partial charge in [0.2, 0.25) is 5.91 Å². The monoisotopic (exact) mass is 402 g/mol. The van der Waals surface area contributed by atoms with Crippen LogP contribution in [0.15, 0.2) is 48.9 Å². The minimum absolute atomic E-state index is 0.0634. The lowest BCUT2D eigenvalue weighted by Gasteiger charge is -2.36. The topological polar surface area (TPSA) is 60.2 Å². The zero-order valence-corrected chi connectivity index (χ0v) is 17.4. The number of aromatic nitrogens is 3. The van der Waals surface area contributed by atoms with Crippen LogP contribution in [0, 0.1) is 0 Å². The molecule has 154 valence electrons. The molecule has 0 saturated heterocycles. The van der Waals surface area contributed by atoms with Gasteiger partial charge in [-0.2, -0.15) is 5.10 Å². The maximum absolute atomic E-state index is 12.4. The molecular formula is C24H26N4O2. The first-order valence-corrected chi connectivity index (χ1v) is 10.6. The molecule has 3 aromatic rings. The van der Waals surface area contributed by atoms with Crippen molar-refractivity contribution in [3.05, 3.63) is 60.2 Å². The Morgan fingerprint density at radius 2 is 2.07 bits per heavy atom. The Labute approximate surface area is 176 Å². The van der Waals surface area contributed by atoms with Gasteiger partial charge in [-0.3, -0.25) is 14.5 Å². The van der Waals surface area contributed by atoms with E-state index in [0.717, 1.165) is 46.7 Å². The van der Waals surface area contributed by atoms with Crippen LogP contribution in [0.2, 0.25) is 0 Å². The molecule has 6 heteroatoms. The molecule has 1 saturated carbocycles. The largest absolute Gasteiger partial charge is 0.486 e. The first-order valence-electron chi connectivity index (χ1n) is 10.6. The Hall–Kier alpha value is -3.15. The maximum Gasteiger partial charge on any atom is 0.224 e. The highest BCUT2D eigenvalue weighted by atomic mass is 16.5. The molecule has 1 aromatic carbocycles. The first kappa shape index (κ1) is 18.9. The normalized spacial score (nSPS) is 18.2. The number of nitrogens with zero attached hydrogens (tertiary/aromatic N) is 4. The van der Waals surface area contributed by atoms with Crippen molar-refractivity contribution in [1.29, 1.82) is 0 Å². The smallest absolute Gasteiger partial charge is 0.224 e. The number of fused-ring (bicyclic) bond motifs is 1. The van der Waals surface area contributed by atoms with E-state index in [9.17, 15) is 4.79 Å². The van der Waals surface area contributed by atoms with Crippen LogP contribution in [-0.2, 0) is 17.8 Å². The van der Waals surface area contributed by atoms with Crippen molar-refractivity contribution in [2.45, 2.75) is 58.2 Å². The molecule has 0 spiro atoms. The number of pyridine rings is 1. The molecule has 1 fully saturated rings. The van der Waals surface area contributed by atoms with E-state index in [-0.39, 0.29) is 11.9 Å². The maximum atomic E-state index is 12.4. The lowest BCUT2D eigenvalue weighted by atomic mass is 9.92. The summed E-state index contributed by atoms with van der Waals surface area (Å²) < 4.78 is 8.44. The Morgan fingerprint density at radius 1 is 1.20 bits per heavy atom. The summed E-state index contributed by atoms with van der Waals surface area (Å²) in [4.78, 5) is 18.7. The third kappa shape index (κ3) is 3.47. The quantitative estimate of drug-likeness (QED) is 0.628. The number of amides is 1. The van der Waals surface area contributed by atoms with Gasteiger partial charge in [-0.15, -0.1) is 0 Å². The van der Waals surface area contributed by atoms with Crippen LogP contribution in [0.25, 0.3) is 11.1 Å². The summed E-state index contributed by atoms with van der Waals surface area (Å²) in [6.45, 7) is 4.12. The number of anilines is 1. The number of hydrogen-bond donors (Lipinski definition) is 0. The second-order valence-electron chi connectivity index (χ2n) is 8.27. The summed E-state index contributed by atoms with van der Waals surface area (Å²) >= 11 is 0. The molecular weight excluding hydrogens is 376 g/mol. The lowest BCUT2D eigenvalue weighted by Crippen LogP contribution is -2.40. The van der Waals surface area contributed by atoms with E-state index in [1.807, 2.05) is 29.3 Å². The fraction of sp³-hybridized carbons (Fsp3) is 0.375. The molecule has 1 aliphatic heterocycles. The predicted molar refractivity (Wildman–Crippen MR) is 115 cm³/mol. The number of benzene rings is 1. The standard InChI is InChI=1S/C24H26N4O2/c1-16-6-9-22-23(28(16)17(2)29)11-10-21(18-13-26-27(14-18)20-7-8-20)24(22)30-15-19-5-3-4-12-25-19/h3-5,10-14,16,20H,6-9,15H2,1-2H3. The number of carbonyl (C=O) groups excluding carboxylic acids is 1. The average Bonchev–Trinajstić information content (AvgIpc) is 3.49. The molecule has 1 atom stereocenters. The van der Waals surface area contributed by atoms with Gasteiger partial charge in [0.25, 0.3) is 0 Å². The summed E-state index contributed by atoms with van der Waals surface area (Å²) in [6, 6.07) is 10.7. The average molecular weight is 402 g/mol. The predicted octanol–water partition coefficient (Wildman–Crippen LogP) is 4.55. The van der Waals surface area contributed by atoms with Gasteiger partial charge in [-0.05, 0) is 56.9 Å². The second-order valence-corrected chi connectivity index (χ2v) is 8.27. The summed E-state index contributed by atoms with van der Waals surface area (Å²) in [6.07, 6.45) is 9.99. The summed E-state index contributed by atoms with van der Waals surface area (Å²) in [5, 5.41) is 4.57. The molecule has 2 aromatic heterocycles. The minimum Gasteiger partial charge on any atom is -0.486 e. The fourth-order valence-corrected chi connectivity index (χ4v) is 4.32. The van der Waals surface area contributed by atoms with Crippen molar-refractivity contribution in [3.8, 4) is 16.9 Å². The fourth-order valence-electron chi connectivity index (χ4n) is 4.32. The number of carbonyl (C=O) groups is 1. The van der Waals surface area contributed by atoms with E-state index < -0.39 is 0 Å².